The molecular weight excluding hydrogens is 317 g/mol. The molecule has 24 heavy (non-hydrogen) atoms. The summed E-state index contributed by atoms with van der Waals surface area (Å²) in [4.78, 5) is 12.0. The lowest BCUT2D eigenvalue weighted by atomic mass is 10.1. The molecule has 0 spiro atoms. The lowest BCUT2D eigenvalue weighted by molar-refractivity contribution is -0.137. The standard InChI is InChI=1S/C18H13F3N2O/c19-18(20,21)16-8-4-7-14(10-16)9-15(11-22)17(24)23-12-13-5-2-1-3-6-13/h1-10H,12H2,(H,23,24)/b15-9+. The molecule has 2 aromatic rings. The van der Waals surface area contributed by atoms with Crippen LogP contribution >= 0.6 is 0 Å². The molecule has 0 saturated heterocycles. The Balaban J connectivity index is 2.14. The minimum atomic E-state index is -4.48. The van der Waals surface area contributed by atoms with Crippen molar-refractivity contribution in [2.24, 2.45) is 0 Å². The minimum absolute atomic E-state index is 0.135. The number of carbonyl (C=O) groups excluding carboxylic acids is 1. The summed E-state index contributed by atoms with van der Waals surface area (Å²) in [5.41, 5.74) is -0.109. The molecule has 6 heteroatoms. The first-order chi connectivity index (χ1) is 11.4. The Morgan fingerprint density at radius 3 is 2.46 bits per heavy atom. The third-order valence-corrected chi connectivity index (χ3v) is 3.19. The first kappa shape index (κ1) is 17.3. The number of hydrogen-bond donors (Lipinski definition) is 1. The normalized spacial score (nSPS) is 11.7. The van der Waals surface area contributed by atoms with Crippen molar-refractivity contribution in [1.82, 2.24) is 5.32 Å². The lowest BCUT2D eigenvalue weighted by Crippen LogP contribution is -2.23. The molecular formula is C18H13F3N2O. The monoisotopic (exact) mass is 330 g/mol. The average molecular weight is 330 g/mol. The zero-order valence-corrected chi connectivity index (χ0v) is 12.5. The number of carbonyl (C=O) groups is 1. The van der Waals surface area contributed by atoms with Crippen LogP contribution in [0, 0.1) is 11.3 Å². The second-order valence-corrected chi connectivity index (χ2v) is 4.96. The van der Waals surface area contributed by atoms with E-state index in [2.05, 4.69) is 5.32 Å². The number of benzene rings is 2. The fraction of sp³-hybridized carbons (Fsp3) is 0.111. The van der Waals surface area contributed by atoms with Crippen LogP contribution in [0.25, 0.3) is 6.08 Å². The van der Waals surface area contributed by atoms with Gasteiger partial charge in [-0.1, -0.05) is 42.5 Å². The van der Waals surface area contributed by atoms with Crippen LogP contribution in [-0.2, 0) is 17.5 Å². The predicted octanol–water partition coefficient (Wildman–Crippen LogP) is 3.93. The van der Waals surface area contributed by atoms with Gasteiger partial charge in [0.1, 0.15) is 11.6 Å². The molecule has 0 bridgehead atoms. The summed E-state index contributed by atoms with van der Waals surface area (Å²) in [6.07, 6.45) is -3.35. The zero-order chi connectivity index (χ0) is 17.6. The van der Waals surface area contributed by atoms with E-state index in [0.29, 0.717) is 0 Å². The first-order valence-electron chi connectivity index (χ1n) is 7.01. The summed E-state index contributed by atoms with van der Waals surface area (Å²) in [6, 6.07) is 15.2. The van der Waals surface area contributed by atoms with Crippen LogP contribution in [0.3, 0.4) is 0 Å². The Labute approximate surface area is 137 Å². The van der Waals surface area contributed by atoms with E-state index < -0.39 is 17.6 Å². The van der Waals surface area contributed by atoms with E-state index in [1.807, 2.05) is 30.3 Å². The maximum Gasteiger partial charge on any atom is 0.416 e. The van der Waals surface area contributed by atoms with Crippen LogP contribution in [0.1, 0.15) is 16.7 Å². The van der Waals surface area contributed by atoms with Gasteiger partial charge >= 0.3 is 6.18 Å². The summed E-state index contributed by atoms with van der Waals surface area (Å²) >= 11 is 0. The van der Waals surface area contributed by atoms with Crippen LogP contribution in [0.15, 0.2) is 60.2 Å². The molecule has 122 valence electrons. The van der Waals surface area contributed by atoms with Crippen molar-refractivity contribution in [2.75, 3.05) is 0 Å². The van der Waals surface area contributed by atoms with E-state index >= 15 is 0 Å². The Bertz CT molecular complexity index is 790. The average Bonchev–Trinajstić information content (AvgIpc) is 2.58. The number of nitrogens with zero attached hydrogens (tertiary/aromatic N) is 1. The summed E-state index contributed by atoms with van der Waals surface area (Å²) in [6.45, 7) is 0.223. The van der Waals surface area contributed by atoms with Gasteiger partial charge in [-0.25, -0.2) is 0 Å². The van der Waals surface area contributed by atoms with Crippen molar-refractivity contribution in [3.05, 3.63) is 76.9 Å². The summed E-state index contributed by atoms with van der Waals surface area (Å²) in [5, 5.41) is 11.6. The quantitative estimate of drug-likeness (QED) is 0.682. The second-order valence-electron chi connectivity index (χ2n) is 4.96. The molecule has 0 aliphatic carbocycles. The van der Waals surface area contributed by atoms with E-state index in [4.69, 9.17) is 5.26 Å². The highest BCUT2D eigenvalue weighted by atomic mass is 19.4. The van der Waals surface area contributed by atoms with Gasteiger partial charge in [0.25, 0.3) is 5.91 Å². The molecule has 0 unspecified atom stereocenters. The van der Waals surface area contributed by atoms with Crippen molar-refractivity contribution in [3.8, 4) is 6.07 Å². The van der Waals surface area contributed by atoms with E-state index in [9.17, 15) is 18.0 Å². The Morgan fingerprint density at radius 1 is 1.12 bits per heavy atom. The molecule has 1 amide bonds. The third-order valence-electron chi connectivity index (χ3n) is 3.19. The molecule has 1 N–H and O–H groups in total. The number of nitrogens with one attached hydrogen (secondary N) is 1. The van der Waals surface area contributed by atoms with Gasteiger partial charge in [-0.3, -0.25) is 4.79 Å². The number of amides is 1. The van der Waals surface area contributed by atoms with Crippen molar-refractivity contribution < 1.29 is 18.0 Å². The maximum absolute atomic E-state index is 12.7. The summed E-state index contributed by atoms with van der Waals surface area (Å²) < 4.78 is 38.1. The number of halogens is 3. The van der Waals surface area contributed by atoms with Gasteiger partial charge in [0, 0.05) is 6.54 Å². The number of alkyl halides is 3. The Kier molecular flexibility index (Phi) is 5.38. The van der Waals surface area contributed by atoms with Gasteiger partial charge in [0.15, 0.2) is 0 Å². The highest BCUT2D eigenvalue weighted by Crippen LogP contribution is 2.29. The van der Waals surface area contributed by atoms with Crippen LogP contribution < -0.4 is 5.32 Å². The van der Waals surface area contributed by atoms with Gasteiger partial charge in [-0.05, 0) is 29.3 Å². The molecule has 0 aliphatic rings. The van der Waals surface area contributed by atoms with Crippen molar-refractivity contribution in [1.29, 1.82) is 5.26 Å². The molecule has 0 fully saturated rings. The Morgan fingerprint density at radius 2 is 1.83 bits per heavy atom. The molecule has 0 atom stereocenters. The van der Waals surface area contributed by atoms with E-state index in [-0.39, 0.29) is 17.7 Å². The molecule has 0 radical (unpaired) electrons. The molecule has 3 nitrogen and oxygen atoms in total. The van der Waals surface area contributed by atoms with Crippen LogP contribution in [0.5, 0.6) is 0 Å². The molecule has 2 rings (SSSR count). The number of hydrogen-bond acceptors (Lipinski definition) is 2. The van der Waals surface area contributed by atoms with Crippen LogP contribution in [-0.4, -0.2) is 5.91 Å². The molecule has 2 aromatic carbocycles. The minimum Gasteiger partial charge on any atom is -0.347 e. The topological polar surface area (TPSA) is 52.9 Å². The Hall–Kier alpha value is -3.07. The van der Waals surface area contributed by atoms with Crippen molar-refractivity contribution in [2.45, 2.75) is 12.7 Å². The van der Waals surface area contributed by atoms with Gasteiger partial charge in [0.2, 0.25) is 0 Å². The van der Waals surface area contributed by atoms with Crippen LogP contribution in [0.2, 0.25) is 0 Å². The van der Waals surface area contributed by atoms with Gasteiger partial charge in [0.05, 0.1) is 5.56 Å². The van der Waals surface area contributed by atoms with Gasteiger partial charge < -0.3 is 5.32 Å². The highest BCUT2D eigenvalue weighted by molar-refractivity contribution is 6.01. The first-order valence-corrected chi connectivity index (χ1v) is 7.01. The highest BCUT2D eigenvalue weighted by Gasteiger charge is 2.30. The third kappa shape index (κ3) is 4.71. The van der Waals surface area contributed by atoms with Gasteiger partial charge in [-0.2, -0.15) is 18.4 Å². The fourth-order valence-corrected chi connectivity index (χ4v) is 1.99. The smallest absolute Gasteiger partial charge is 0.347 e. The second kappa shape index (κ2) is 7.47. The number of rotatable bonds is 4. The van der Waals surface area contributed by atoms with Gasteiger partial charge in [-0.15, -0.1) is 0 Å². The van der Waals surface area contributed by atoms with Crippen molar-refractivity contribution >= 4 is 12.0 Å². The SMILES string of the molecule is N#C/C(=C\c1cccc(C(F)(F)F)c1)C(=O)NCc1ccccc1. The summed E-state index contributed by atoms with van der Waals surface area (Å²) in [5.74, 6) is -0.640. The number of nitriles is 1. The van der Waals surface area contributed by atoms with Crippen LogP contribution in [0.4, 0.5) is 13.2 Å². The van der Waals surface area contributed by atoms with E-state index in [1.54, 1.807) is 6.07 Å². The fourth-order valence-electron chi connectivity index (χ4n) is 1.99. The lowest BCUT2D eigenvalue weighted by Gasteiger charge is -2.07. The maximum atomic E-state index is 12.7. The van der Waals surface area contributed by atoms with Crippen molar-refractivity contribution in [3.63, 3.8) is 0 Å². The molecule has 0 aromatic heterocycles. The largest absolute Gasteiger partial charge is 0.416 e. The summed E-state index contributed by atoms with van der Waals surface area (Å²) in [7, 11) is 0. The molecule has 0 aliphatic heterocycles. The molecule has 0 saturated carbocycles. The van der Waals surface area contributed by atoms with E-state index in [0.717, 1.165) is 23.8 Å². The molecule has 0 heterocycles. The van der Waals surface area contributed by atoms with E-state index in [1.165, 1.54) is 12.1 Å². The zero-order valence-electron chi connectivity index (χ0n) is 12.5. The predicted molar refractivity (Wildman–Crippen MR) is 83.3 cm³/mol.